The van der Waals surface area contributed by atoms with E-state index in [1.54, 1.807) is 0 Å². The van der Waals surface area contributed by atoms with Gasteiger partial charge in [0, 0.05) is 13.1 Å². The Morgan fingerprint density at radius 1 is 1.50 bits per heavy atom. The highest BCUT2D eigenvalue weighted by molar-refractivity contribution is 7.18. The Labute approximate surface area is 123 Å². The van der Waals surface area contributed by atoms with Crippen LogP contribution in [0.25, 0.3) is 0 Å². The lowest BCUT2D eigenvalue weighted by atomic mass is 10.2. The van der Waals surface area contributed by atoms with E-state index in [1.807, 2.05) is 26.8 Å². The summed E-state index contributed by atoms with van der Waals surface area (Å²) in [5.74, 6) is -0.221. The number of nitrogens with one attached hydrogen (secondary N) is 2. The molecule has 0 aliphatic rings. The van der Waals surface area contributed by atoms with E-state index in [9.17, 15) is 4.79 Å². The van der Waals surface area contributed by atoms with Crippen molar-refractivity contribution >= 4 is 27.9 Å². The molecular weight excluding hydrogens is 272 g/mol. The fourth-order valence-electron chi connectivity index (χ4n) is 1.51. The van der Waals surface area contributed by atoms with Gasteiger partial charge in [0.15, 0.2) is 0 Å². The van der Waals surface area contributed by atoms with Crippen molar-refractivity contribution in [1.29, 1.82) is 5.26 Å². The predicted molar refractivity (Wildman–Crippen MR) is 84.0 cm³/mol. The lowest BCUT2D eigenvalue weighted by Gasteiger charge is -2.01. The molecule has 20 heavy (non-hydrogen) atoms. The van der Waals surface area contributed by atoms with Crippen molar-refractivity contribution in [2.45, 2.75) is 27.2 Å². The number of amides is 1. The van der Waals surface area contributed by atoms with Gasteiger partial charge in [0.25, 0.3) is 5.91 Å². The Balaban J connectivity index is 2.94. The first-order chi connectivity index (χ1) is 9.51. The quantitative estimate of drug-likeness (QED) is 0.703. The number of hydrogen-bond acceptors (Lipinski definition) is 5. The van der Waals surface area contributed by atoms with E-state index in [2.05, 4.69) is 16.7 Å². The first kappa shape index (κ1) is 16.1. The molecule has 1 rings (SSSR count). The second kappa shape index (κ2) is 7.56. The third-order valence-electron chi connectivity index (χ3n) is 2.57. The highest BCUT2D eigenvalue weighted by Gasteiger charge is 2.20. The lowest BCUT2D eigenvalue weighted by Crippen LogP contribution is -2.23. The molecule has 0 aliphatic carbocycles. The van der Waals surface area contributed by atoms with Gasteiger partial charge in [0.1, 0.15) is 21.5 Å². The van der Waals surface area contributed by atoms with Crippen molar-refractivity contribution in [2.24, 2.45) is 0 Å². The van der Waals surface area contributed by atoms with Crippen molar-refractivity contribution in [2.75, 3.05) is 24.1 Å². The van der Waals surface area contributed by atoms with Crippen LogP contribution in [0.5, 0.6) is 0 Å². The summed E-state index contributed by atoms with van der Waals surface area (Å²) < 4.78 is 0. The van der Waals surface area contributed by atoms with E-state index in [1.165, 1.54) is 16.9 Å². The SMILES string of the molecule is CCCNC(=O)c1sc(NCC=C(C)C)c(C#N)c1N. The zero-order chi connectivity index (χ0) is 15.1. The molecule has 0 saturated heterocycles. The van der Waals surface area contributed by atoms with Crippen molar-refractivity contribution in [1.82, 2.24) is 5.32 Å². The molecule has 108 valence electrons. The van der Waals surface area contributed by atoms with Crippen molar-refractivity contribution in [3.05, 3.63) is 22.1 Å². The number of hydrogen-bond donors (Lipinski definition) is 3. The Hall–Kier alpha value is -2.00. The van der Waals surface area contributed by atoms with Crippen LogP contribution in [-0.2, 0) is 0 Å². The summed E-state index contributed by atoms with van der Waals surface area (Å²) in [7, 11) is 0. The second-order valence-corrected chi connectivity index (χ2v) is 5.60. The minimum atomic E-state index is -0.221. The topological polar surface area (TPSA) is 90.9 Å². The molecule has 0 spiro atoms. The van der Waals surface area contributed by atoms with E-state index in [0.29, 0.717) is 28.5 Å². The van der Waals surface area contributed by atoms with Crippen LogP contribution in [0.1, 0.15) is 42.4 Å². The fraction of sp³-hybridized carbons (Fsp3) is 0.429. The molecular formula is C14H20N4OS. The van der Waals surface area contributed by atoms with E-state index >= 15 is 0 Å². The average molecular weight is 292 g/mol. The number of carbonyl (C=O) groups is 1. The monoisotopic (exact) mass is 292 g/mol. The fourth-order valence-corrected chi connectivity index (χ4v) is 2.51. The van der Waals surface area contributed by atoms with Crippen molar-refractivity contribution in [3.8, 4) is 6.07 Å². The molecule has 4 N–H and O–H groups in total. The summed E-state index contributed by atoms with van der Waals surface area (Å²) in [4.78, 5) is 12.4. The molecule has 0 atom stereocenters. The summed E-state index contributed by atoms with van der Waals surface area (Å²) in [5.41, 5.74) is 7.67. The highest BCUT2D eigenvalue weighted by Crippen LogP contribution is 2.34. The van der Waals surface area contributed by atoms with E-state index in [-0.39, 0.29) is 11.6 Å². The van der Waals surface area contributed by atoms with E-state index < -0.39 is 0 Å². The first-order valence-electron chi connectivity index (χ1n) is 6.49. The van der Waals surface area contributed by atoms with Gasteiger partial charge in [-0.05, 0) is 20.3 Å². The molecule has 0 radical (unpaired) electrons. The highest BCUT2D eigenvalue weighted by atomic mass is 32.1. The Bertz CT molecular complexity index is 550. The number of nitrogens with two attached hydrogens (primary N) is 1. The molecule has 0 saturated carbocycles. The average Bonchev–Trinajstić information content (AvgIpc) is 2.72. The minimum absolute atomic E-state index is 0.221. The zero-order valence-corrected chi connectivity index (χ0v) is 12.9. The van der Waals surface area contributed by atoms with Crippen LogP contribution < -0.4 is 16.4 Å². The number of nitrogen functional groups attached to an aromatic ring is 1. The minimum Gasteiger partial charge on any atom is -0.396 e. The van der Waals surface area contributed by atoms with Crippen molar-refractivity contribution in [3.63, 3.8) is 0 Å². The molecule has 1 heterocycles. The number of nitriles is 1. The van der Waals surface area contributed by atoms with Crippen molar-refractivity contribution < 1.29 is 4.79 Å². The summed E-state index contributed by atoms with van der Waals surface area (Å²) in [6.07, 6.45) is 2.86. The van der Waals surface area contributed by atoms with Crippen LogP contribution in [0.4, 0.5) is 10.7 Å². The summed E-state index contributed by atoms with van der Waals surface area (Å²) in [6, 6.07) is 2.06. The molecule has 1 aromatic heterocycles. The van der Waals surface area contributed by atoms with Crippen LogP contribution in [0.15, 0.2) is 11.6 Å². The lowest BCUT2D eigenvalue weighted by molar-refractivity contribution is 0.0958. The van der Waals surface area contributed by atoms with Crippen LogP contribution in [0.3, 0.4) is 0 Å². The third kappa shape index (κ3) is 4.00. The summed E-state index contributed by atoms with van der Waals surface area (Å²) >= 11 is 1.22. The van der Waals surface area contributed by atoms with Crippen LogP contribution >= 0.6 is 11.3 Å². The Morgan fingerprint density at radius 3 is 2.75 bits per heavy atom. The molecule has 0 fully saturated rings. The molecule has 6 heteroatoms. The first-order valence-corrected chi connectivity index (χ1v) is 7.30. The largest absolute Gasteiger partial charge is 0.396 e. The van der Waals surface area contributed by atoms with Crippen LogP contribution in [0, 0.1) is 11.3 Å². The third-order valence-corrected chi connectivity index (χ3v) is 3.73. The smallest absolute Gasteiger partial charge is 0.263 e. The van der Waals surface area contributed by atoms with Gasteiger partial charge in [-0.25, -0.2) is 0 Å². The van der Waals surface area contributed by atoms with Crippen LogP contribution in [-0.4, -0.2) is 19.0 Å². The van der Waals surface area contributed by atoms with Crippen LogP contribution in [0.2, 0.25) is 0 Å². The predicted octanol–water partition coefficient (Wildman–Crippen LogP) is 2.72. The number of nitrogens with zero attached hydrogens (tertiary/aromatic N) is 1. The van der Waals surface area contributed by atoms with Gasteiger partial charge in [-0.3, -0.25) is 4.79 Å². The van der Waals surface area contributed by atoms with Gasteiger partial charge in [0.05, 0.1) is 5.69 Å². The molecule has 0 bridgehead atoms. The van der Waals surface area contributed by atoms with E-state index in [4.69, 9.17) is 11.0 Å². The molecule has 1 aromatic rings. The zero-order valence-electron chi connectivity index (χ0n) is 12.0. The molecule has 0 aromatic carbocycles. The van der Waals surface area contributed by atoms with Gasteiger partial charge in [-0.15, -0.1) is 11.3 Å². The summed E-state index contributed by atoms with van der Waals surface area (Å²) in [5, 5.41) is 15.7. The number of allylic oxidation sites excluding steroid dienone is 1. The molecule has 0 unspecified atom stereocenters. The number of thiophene rings is 1. The van der Waals surface area contributed by atoms with Gasteiger partial charge < -0.3 is 16.4 Å². The Kier molecular flexibility index (Phi) is 6.07. The maximum atomic E-state index is 12.0. The maximum Gasteiger partial charge on any atom is 0.263 e. The van der Waals surface area contributed by atoms with Gasteiger partial charge in [0.2, 0.25) is 0 Å². The molecule has 1 amide bonds. The van der Waals surface area contributed by atoms with Gasteiger partial charge in [-0.1, -0.05) is 18.6 Å². The number of rotatable bonds is 6. The normalized spacial score (nSPS) is 9.70. The van der Waals surface area contributed by atoms with E-state index in [0.717, 1.165) is 6.42 Å². The Morgan fingerprint density at radius 2 is 2.20 bits per heavy atom. The number of anilines is 2. The molecule has 0 aliphatic heterocycles. The summed E-state index contributed by atoms with van der Waals surface area (Å²) in [6.45, 7) is 7.18. The van der Waals surface area contributed by atoms with Gasteiger partial charge in [-0.2, -0.15) is 5.26 Å². The molecule has 5 nitrogen and oxygen atoms in total. The standard InChI is InChI=1S/C14H20N4OS/c1-4-6-17-13(19)12-11(16)10(8-15)14(20-12)18-7-5-9(2)3/h5,18H,4,6-7,16H2,1-3H3,(H,17,19). The van der Waals surface area contributed by atoms with Gasteiger partial charge >= 0.3 is 0 Å². The number of carbonyl (C=O) groups excluding carboxylic acids is 1. The maximum absolute atomic E-state index is 12.0. The second-order valence-electron chi connectivity index (χ2n) is 4.58.